The summed E-state index contributed by atoms with van der Waals surface area (Å²) in [4.78, 5) is 2.50. The molecule has 3 unspecified atom stereocenters. The Labute approximate surface area is 103 Å². The Morgan fingerprint density at radius 1 is 1.53 bits per heavy atom. The summed E-state index contributed by atoms with van der Waals surface area (Å²) in [5.74, 6) is 1.56. The molecule has 96 valence electrons. The number of nitrogens with zero attached hydrogens (tertiary/aromatic N) is 2. The maximum absolute atomic E-state index is 5.12. The van der Waals surface area contributed by atoms with Crippen molar-refractivity contribution in [3.8, 4) is 0 Å². The van der Waals surface area contributed by atoms with Gasteiger partial charge in [-0.2, -0.15) is 0 Å². The van der Waals surface area contributed by atoms with Crippen LogP contribution in [0.3, 0.4) is 0 Å². The quantitative estimate of drug-likeness (QED) is 0.870. The lowest BCUT2D eigenvalue weighted by Crippen LogP contribution is -2.52. The van der Waals surface area contributed by atoms with Crippen molar-refractivity contribution in [2.75, 3.05) is 13.6 Å². The van der Waals surface area contributed by atoms with Crippen molar-refractivity contribution < 1.29 is 4.52 Å². The van der Waals surface area contributed by atoms with Crippen molar-refractivity contribution in [2.45, 2.75) is 45.8 Å². The standard InChI is InChI=1S/C13H23N3O/c1-9-7-12(15-17-9)8-16-6-5-13(14-4)10(2)11(16)3/h7,10-11,13-14H,5-6,8H2,1-4H3. The minimum absolute atomic E-state index is 0.582. The van der Waals surface area contributed by atoms with Crippen LogP contribution in [0.4, 0.5) is 0 Å². The van der Waals surface area contributed by atoms with Crippen molar-refractivity contribution in [1.82, 2.24) is 15.4 Å². The number of hydrogen-bond acceptors (Lipinski definition) is 4. The number of hydrogen-bond donors (Lipinski definition) is 1. The second-order valence-electron chi connectivity index (χ2n) is 5.18. The summed E-state index contributed by atoms with van der Waals surface area (Å²) in [7, 11) is 2.06. The highest BCUT2D eigenvalue weighted by atomic mass is 16.5. The van der Waals surface area contributed by atoms with Crippen LogP contribution in [0.25, 0.3) is 0 Å². The molecule has 1 N–H and O–H groups in total. The molecule has 0 bridgehead atoms. The highest BCUT2D eigenvalue weighted by Gasteiger charge is 2.31. The summed E-state index contributed by atoms with van der Waals surface area (Å²) < 4.78 is 5.12. The number of aromatic nitrogens is 1. The van der Waals surface area contributed by atoms with Crippen LogP contribution < -0.4 is 5.32 Å². The Balaban J connectivity index is 1.98. The summed E-state index contributed by atoms with van der Waals surface area (Å²) in [6.07, 6.45) is 1.21. The molecule has 3 atom stereocenters. The number of piperidine rings is 1. The summed E-state index contributed by atoms with van der Waals surface area (Å²) >= 11 is 0. The van der Waals surface area contributed by atoms with Crippen LogP contribution in [0.15, 0.2) is 10.6 Å². The molecule has 2 heterocycles. The number of nitrogens with one attached hydrogen (secondary N) is 1. The van der Waals surface area contributed by atoms with Crippen LogP contribution in [0.2, 0.25) is 0 Å². The minimum atomic E-state index is 0.582. The summed E-state index contributed by atoms with van der Waals surface area (Å²) in [6, 6.07) is 3.25. The minimum Gasteiger partial charge on any atom is -0.361 e. The van der Waals surface area contributed by atoms with Gasteiger partial charge in [-0.3, -0.25) is 4.90 Å². The van der Waals surface area contributed by atoms with Gasteiger partial charge in [0, 0.05) is 31.2 Å². The third-order valence-corrected chi connectivity index (χ3v) is 4.11. The van der Waals surface area contributed by atoms with E-state index in [1.165, 1.54) is 6.42 Å². The molecule has 1 fully saturated rings. The van der Waals surface area contributed by atoms with Crippen LogP contribution in [-0.4, -0.2) is 35.7 Å². The molecule has 0 radical (unpaired) electrons. The molecule has 4 nitrogen and oxygen atoms in total. The van der Waals surface area contributed by atoms with Crippen molar-refractivity contribution in [3.05, 3.63) is 17.5 Å². The third-order valence-electron chi connectivity index (χ3n) is 4.11. The number of aryl methyl sites for hydroxylation is 1. The fraction of sp³-hybridized carbons (Fsp3) is 0.769. The molecule has 4 heteroatoms. The van der Waals surface area contributed by atoms with Gasteiger partial charge in [0.2, 0.25) is 0 Å². The van der Waals surface area contributed by atoms with Gasteiger partial charge in [0.25, 0.3) is 0 Å². The lowest BCUT2D eigenvalue weighted by molar-refractivity contribution is 0.0790. The highest BCUT2D eigenvalue weighted by molar-refractivity contribution is 5.04. The lowest BCUT2D eigenvalue weighted by atomic mass is 9.87. The molecule has 1 aromatic heterocycles. The van der Waals surface area contributed by atoms with Gasteiger partial charge in [0.15, 0.2) is 0 Å². The average Bonchev–Trinajstić information content (AvgIpc) is 2.71. The molecule has 0 aliphatic carbocycles. The lowest BCUT2D eigenvalue weighted by Gasteiger charge is -2.42. The van der Waals surface area contributed by atoms with Gasteiger partial charge in [-0.1, -0.05) is 12.1 Å². The molecule has 1 aliphatic heterocycles. The maximum Gasteiger partial charge on any atom is 0.133 e. The van der Waals surface area contributed by atoms with Gasteiger partial charge < -0.3 is 9.84 Å². The Hall–Kier alpha value is -0.870. The zero-order valence-electron chi connectivity index (χ0n) is 11.2. The highest BCUT2D eigenvalue weighted by Crippen LogP contribution is 2.24. The van der Waals surface area contributed by atoms with Crippen LogP contribution in [0.1, 0.15) is 31.7 Å². The van der Waals surface area contributed by atoms with Crippen LogP contribution in [-0.2, 0) is 6.54 Å². The largest absolute Gasteiger partial charge is 0.361 e. The molecule has 2 rings (SSSR count). The van der Waals surface area contributed by atoms with Crippen molar-refractivity contribution in [3.63, 3.8) is 0 Å². The first kappa shape index (κ1) is 12.6. The van der Waals surface area contributed by atoms with E-state index in [9.17, 15) is 0 Å². The van der Waals surface area contributed by atoms with E-state index in [4.69, 9.17) is 4.52 Å². The topological polar surface area (TPSA) is 41.3 Å². The van der Waals surface area contributed by atoms with Gasteiger partial charge in [-0.05, 0) is 33.2 Å². The smallest absolute Gasteiger partial charge is 0.133 e. The molecule has 0 amide bonds. The Morgan fingerprint density at radius 3 is 2.88 bits per heavy atom. The Kier molecular flexibility index (Phi) is 3.84. The zero-order chi connectivity index (χ0) is 12.4. The molecule has 1 aliphatic rings. The van der Waals surface area contributed by atoms with Gasteiger partial charge in [-0.15, -0.1) is 0 Å². The van der Waals surface area contributed by atoms with E-state index in [0.29, 0.717) is 18.0 Å². The molecule has 0 saturated carbocycles. The number of rotatable bonds is 3. The van der Waals surface area contributed by atoms with Crippen LogP contribution in [0.5, 0.6) is 0 Å². The molecule has 1 saturated heterocycles. The SMILES string of the molecule is CNC1CCN(Cc2cc(C)on2)C(C)C1C. The van der Waals surface area contributed by atoms with E-state index >= 15 is 0 Å². The Morgan fingerprint density at radius 2 is 2.29 bits per heavy atom. The van der Waals surface area contributed by atoms with Gasteiger partial charge in [0.1, 0.15) is 5.76 Å². The average molecular weight is 237 g/mol. The number of likely N-dealkylation sites (tertiary alicyclic amines) is 1. The maximum atomic E-state index is 5.12. The van der Waals surface area contributed by atoms with Gasteiger partial charge in [0.05, 0.1) is 5.69 Å². The molecular formula is C13H23N3O. The van der Waals surface area contributed by atoms with E-state index < -0.39 is 0 Å². The van der Waals surface area contributed by atoms with E-state index in [-0.39, 0.29) is 0 Å². The molecule has 0 aromatic carbocycles. The zero-order valence-corrected chi connectivity index (χ0v) is 11.2. The fourth-order valence-electron chi connectivity index (χ4n) is 2.77. The monoisotopic (exact) mass is 237 g/mol. The summed E-state index contributed by atoms with van der Waals surface area (Å²) in [5.41, 5.74) is 1.05. The van der Waals surface area contributed by atoms with Crippen LogP contribution in [0, 0.1) is 12.8 Å². The van der Waals surface area contributed by atoms with E-state index in [1.807, 2.05) is 13.0 Å². The van der Waals surface area contributed by atoms with E-state index in [1.54, 1.807) is 0 Å². The van der Waals surface area contributed by atoms with Crippen molar-refractivity contribution in [1.29, 1.82) is 0 Å². The van der Waals surface area contributed by atoms with Crippen molar-refractivity contribution >= 4 is 0 Å². The Bertz CT molecular complexity index is 363. The molecule has 17 heavy (non-hydrogen) atoms. The fourth-order valence-corrected chi connectivity index (χ4v) is 2.77. The predicted octanol–water partition coefficient (Wildman–Crippen LogP) is 1.80. The second kappa shape index (κ2) is 5.19. The molecular weight excluding hydrogens is 214 g/mol. The van der Waals surface area contributed by atoms with Crippen LogP contribution >= 0.6 is 0 Å². The third kappa shape index (κ3) is 2.69. The van der Waals surface area contributed by atoms with E-state index in [0.717, 1.165) is 24.5 Å². The van der Waals surface area contributed by atoms with Gasteiger partial charge in [-0.25, -0.2) is 0 Å². The predicted molar refractivity (Wildman–Crippen MR) is 67.7 cm³/mol. The van der Waals surface area contributed by atoms with Crippen molar-refractivity contribution in [2.24, 2.45) is 5.92 Å². The molecule has 0 spiro atoms. The summed E-state index contributed by atoms with van der Waals surface area (Å²) in [5, 5.41) is 7.49. The first-order chi connectivity index (χ1) is 8.11. The first-order valence-corrected chi connectivity index (χ1v) is 6.45. The first-order valence-electron chi connectivity index (χ1n) is 6.45. The van der Waals surface area contributed by atoms with Gasteiger partial charge >= 0.3 is 0 Å². The molecule has 1 aromatic rings. The van der Waals surface area contributed by atoms with E-state index in [2.05, 4.69) is 36.3 Å². The summed E-state index contributed by atoms with van der Waals surface area (Å²) in [6.45, 7) is 8.60. The second-order valence-corrected chi connectivity index (χ2v) is 5.18. The normalized spacial score (nSPS) is 30.7.